The van der Waals surface area contributed by atoms with Crippen LogP contribution in [0.2, 0.25) is 0 Å². The molecule has 0 bridgehead atoms. The second-order valence-electron chi connectivity index (χ2n) is 3.02. The van der Waals surface area contributed by atoms with Crippen LogP contribution in [-0.2, 0) is 6.54 Å². The van der Waals surface area contributed by atoms with Crippen molar-refractivity contribution in [3.63, 3.8) is 0 Å². The average Bonchev–Trinajstić information content (AvgIpc) is 2.48. The second kappa shape index (κ2) is 4.04. The Balaban J connectivity index is 2.54. The Labute approximate surface area is 75.7 Å². The molecule has 13 heavy (non-hydrogen) atoms. The standard InChI is InChI=1S/C8H12N2O3/c1-5(2)9-4-6-3-7(8(11)12)10-13-6/h3,5,9H,4H2,1-2H3,(H,11,12). The van der Waals surface area contributed by atoms with Crippen LogP contribution < -0.4 is 5.32 Å². The summed E-state index contributed by atoms with van der Waals surface area (Å²) in [5.41, 5.74) is -0.0550. The van der Waals surface area contributed by atoms with Crippen LogP contribution in [0.1, 0.15) is 30.1 Å². The molecule has 5 nitrogen and oxygen atoms in total. The van der Waals surface area contributed by atoms with Crippen molar-refractivity contribution < 1.29 is 14.4 Å². The molecular formula is C8H12N2O3. The summed E-state index contributed by atoms with van der Waals surface area (Å²) < 4.78 is 4.78. The van der Waals surface area contributed by atoms with Crippen LogP contribution in [-0.4, -0.2) is 22.3 Å². The fraction of sp³-hybridized carbons (Fsp3) is 0.500. The molecular weight excluding hydrogens is 172 g/mol. The maximum atomic E-state index is 10.4. The number of nitrogens with one attached hydrogen (secondary N) is 1. The van der Waals surface area contributed by atoms with E-state index in [1.54, 1.807) is 0 Å². The van der Waals surface area contributed by atoms with E-state index in [1.165, 1.54) is 6.07 Å². The molecule has 0 saturated carbocycles. The number of carbonyl (C=O) groups is 1. The van der Waals surface area contributed by atoms with Crippen molar-refractivity contribution in [2.45, 2.75) is 26.4 Å². The van der Waals surface area contributed by atoms with Crippen LogP contribution in [0.5, 0.6) is 0 Å². The van der Waals surface area contributed by atoms with Gasteiger partial charge in [-0.05, 0) is 0 Å². The maximum Gasteiger partial charge on any atom is 0.358 e. The van der Waals surface area contributed by atoms with Gasteiger partial charge in [-0.2, -0.15) is 0 Å². The first-order chi connectivity index (χ1) is 6.09. The number of nitrogens with zero attached hydrogens (tertiary/aromatic N) is 1. The minimum Gasteiger partial charge on any atom is -0.476 e. The molecule has 2 N–H and O–H groups in total. The van der Waals surface area contributed by atoms with Gasteiger partial charge >= 0.3 is 5.97 Å². The van der Waals surface area contributed by atoms with Crippen molar-refractivity contribution in [3.05, 3.63) is 17.5 Å². The molecule has 0 radical (unpaired) electrons. The van der Waals surface area contributed by atoms with Crippen molar-refractivity contribution >= 4 is 5.97 Å². The van der Waals surface area contributed by atoms with Crippen LogP contribution in [0.15, 0.2) is 10.6 Å². The summed E-state index contributed by atoms with van der Waals surface area (Å²) in [5, 5.41) is 15.0. The normalized spacial score (nSPS) is 10.7. The second-order valence-corrected chi connectivity index (χ2v) is 3.02. The van der Waals surface area contributed by atoms with E-state index in [-0.39, 0.29) is 5.69 Å². The van der Waals surface area contributed by atoms with E-state index in [0.717, 1.165) is 0 Å². The van der Waals surface area contributed by atoms with Crippen molar-refractivity contribution in [1.82, 2.24) is 10.5 Å². The first kappa shape index (κ1) is 9.73. The van der Waals surface area contributed by atoms with Gasteiger partial charge < -0.3 is 14.9 Å². The average molecular weight is 184 g/mol. The lowest BCUT2D eigenvalue weighted by atomic mass is 10.3. The van der Waals surface area contributed by atoms with E-state index >= 15 is 0 Å². The summed E-state index contributed by atoms with van der Waals surface area (Å²) in [6, 6.07) is 1.75. The van der Waals surface area contributed by atoms with Gasteiger partial charge in [0, 0.05) is 12.1 Å². The predicted octanol–water partition coefficient (Wildman–Crippen LogP) is 0.871. The number of hydrogen-bond donors (Lipinski definition) is 2. The number of aromatic carboxylic acids is 1. The molecule has 72 valence electrons. The highest BCUT2D eigenvalue weighted by Crippen LogP contribution is 2.03. The molecule has 0 saturated heterocycles. The zero-order valence-corrected chi connectivity index (χ0v) is 7.57. The third-order valence-electron chi connectivity index (χ3n) is 1.46. The van der Waals surface area contributed by atoms with Crippen LogP contribution >= 0.6 is 0 Å². The van der Waals surface area contributed by atoms with Gasteiger partial charge in [-0.1, -0.05) is 19.0 Å². The highest BCUT2D eigenvalue weighted by molar-refractivity contribution is 5.85. The predicted molar refractivity (Wildman–Crippen MR) is 45.4 cm³/mol. The van der Waals surface area contributed by atoms with Crippen LogP contribution in [0.4, 0.5) is 0 Å². The highest BCUT2D eigenvalue weighted by Gasteiger charge is 2.10. The van der Waals surface area contributed by atoms with Gasteiger partial charge in [-0.3, -0.25) is 0 Å². The van der Waals surface area contributed by atoms with Crippen molar-refractivity contribution in [2.24, 2.45) is 0 Å². The van der Waals surface area contributed by atoms with Crippen LogP contribution in [0.25, 0.3) is 0 Å². The number of carboxylic acid groups (broad SMARTS) is 1. The molecule has 0 aliphatic heterocycles. The van der Waals surface area contributed by atoms with Gasteiger partial charge in [-0.25, -0.2) is 4.79 Å². The molecule has 0 unspecified atom stereocenters. The number of hydrogen-bond acceptors (Lipinski definition) is 4. The van der Waals surface area contributed by atoms with Gasteiger partial charge in [0.2, 0.25) is 0 Å². The molecule has 0 spiro atoms. The Morgan fingerprint density at radius 3 is 2.92 bits per heavy atom. The SMILES string of the molecule is CC(C)NCc1cc(C(=O)O)no1. The van der Waals surface area contributed by atoms with E-state index in [4.69, 9.17) is 9.63 Å². The van der Waals surface area contributed by atoms with Gasteiger partial charge in [0.1, 0.15) is 0 Å². The largest absolute Gasteiger partial charge is 0.476 e. The Morgan fingerprint density at radius 1 is 1.77 bits per heavy atom. The number of aromatic nitrogens is 1. The number of carboxylic acids is 1. The Kier molecular flexibility index (Phi) is 3.02. The minimum absolute atomic E-state index is 0.0550. The van der Waals surface area contributed by atoms with E-state index in [2.05, 4.69) is 10.5 Å². The van der Waals surface area contributed by atoms with Gasteiger partial charge in [0.25, 0.3) is 0 Å². The van der Waals surface area contributed by atoms with Crippen molar-refractivity contribution in [2.75, 3.05) is 0 Å². The molecule has 0 aliphatic carbocycles. The Bertz CT molecular complexity index is 293. The van der Waals surface area contributed by atoms with Crippen molar-refractivity contribution in [3.8, 4) is 0 Å². The molecule has 0 fully saturated rings. The molecule has 1 heterocycles. The van der Waals surface area contributed by atoms with Gasteiger partial charge in [0.05, 0.1) is 6.54 Å². The lowest BCUT2D eigenvalue weighted by Gasteiger charge is -2.03. The van der Waals surface area contributed by atoms with Gasteiger partial charge in [0.15, 0.2) is 11.5 Å². The monoisotopic (exact) mass is 184 g/mol. The van der Waals surface area contributed by atoms with E-state index in [1.807, 2.05) is 13.8 Å². The topological polar surface area (TPSA) is 75.4 Å². The Hall–Kier alpha value is -1.36. The summed E-state index contributed by atoms with van der Waals surface area (Å²) in [6.45, 7) is 4.49. The molecule has 1 rings (SSSR count). The fourth-order valence-electron chi connectivity index (χ4n) is 0.802. The summed E-state index contributed by atoms with van der Waals surface area (Å²) in [6.07, 6.45) is 0. The molecule has 0 aliphatic rings. The molecule has 1 aromatic heterocycles. The van der Waals surface area contributed by atoms with Crippen molar-refractivity contribution in [1.29, 1.82) is 0 Å². The van der Waals surface area contributed by atoms with E-state index in [9.17, 15) is 4.79 Å². The first-order valence-electron chi connectivity index (χ1n) is 4.02. The third kappa shape index (κ3) is 2.87. The Morgan fingerprint density at radius 2 is 2.46 bits per heavy atom. The maximum absolute atomic E-state index is 10.4. The number of rotatable bonds is 4. The third-order valence-corrected chi connectivity index (χ3v) is 1.46. The smallest absolute Gasteiger partial charge is 0.358 e. The lowest BCUT2D eigenvalue weighted by molar-refractivity contribution is 0.0685. The zero-order valence-electron chi connectivity index (χ0n) is 7.57. The molecule has 0 atom stereocenters. The lowest BCUT2D eigenvalue weighted by Crippen LogP contribution is -2.21. The fourth-order valence-corrected chi connectivity index (χ4v) is 0.802. The summed E-state index contributed by atoms with van der Waals surface area (Å²) in [7, 11) is 0. The molecule has 5 heteroatoms. The molecule has 1 aromatic rings. The van der Waals surface area contributed by atoms with E-state index < -0.39 is 5.97 Å². The molecule has 0 aromatic carbocycles. The summed E-state index contributed by atoms with van der Waals surface area (Å²) >= 11 is 0. The minimum atomic E-state index is -1.07. The van der Waals surface area contributed by atoms with Crippen LogP contribution in [0.3, 0.4) is 0 Å². The van der Waals surface area contributed by atoms with E-state index in [0.29, 0.717) is 18.3 Å². The summed E-state index contributed by atoms with van der Waals surface area (Å²) in [5.74, 6) is -0.536. The first-order valence-corrected chi connectivity index (χ1v) is 4.02. The molecule has 0 amide bonds. The summed E-state index contributed by atoms with van der Waals surface area (Å²) in [4.78, 5) is 10.4. The van der Waals surface area contributed by atoms with Gasteiger partial charge in [-0.15, -0.1) is 0 Å². The van der Waals surface area contributed by atoms with Crippen LogP contribution in [0, 0.1) is 0 Å². The zero-order chi connectivity index (χ0) is 9.84. The quantitative estimate of drug-likeness (QED) is 0.726. The highest BCUT2D eigenvalue weighted by atomic mass is 16.5.